The second kappa shape index (κ2) is 10.9. The molecule has 2 aliphatic rings. The molecule has 0 saturated carbocycles. The van der Waals surface area contributed by atoms with Crippen molar-refractivity contribution in [2.24, 2.45) is 5.10 Å². The lowest BCUT2D eigenvalue weighted by Gasteiger charge is -2.38. The Kier molecular flexibility index (Phi) is 7.71. The molecule has 0 bridgehead atoms. The fourth-order valence-corrected chi connectivity index (χ4v) is 6.08. The molecule has 0 aliphatic carbocycles. The average Bonchev–Trinajstić information content (AvgIpc) is 3.30. The molecule has 5 rings (SSSR count). The van der Waals surface area contributed by atoms with Crippen molar-refractivity contribution in [3.05, 3.63) is 91.3 Å². The third-order valence-corrected chi connectivity index (χ3v) is 7.72. The highest BCUT2D eigenvalue weighted by Gasteiger charge is 2.42. The van der Waals surface area contributed by atoms with Crippen LogP contribution in [0.5, 0.6) is 11.5 Å². The summed E-state index contributed by atoms with van der Waals surface area (Å²) >= 11 is 13.5. The quantitative estimate of drug-likeness (QED) is 0.236. The number of fused-ring (bicyclic) bond motifs is 3. The Morgan fingerprint density at radius 3 is 2.54 bits per heavy atom. The van der Waals surface area contributed by atoms with Crippen molar-refractivity contribution in [3.63, 3.8) is 0 Å². The van der Waals surface area contributed by atoms with Crippen LogP contribution in [0, 0.1) is 0 Å². The van der Waals surface area contributed by atoms with Crippen LogP contribution < -0.4 is 9.47 Å². The van der Waals surface area contributed by atoms with Gasteiger partial charge in [-0.25, -0.2) is 5.01 Å². The van der Waals surface area contributed by atoms with Crippen LogP contribution in [-0.2, 0) is 0 Å². The summed E-state index contributed by atoms with van der Waals surface area (Å²) in [5.41, 5.74) is 4.25. The third-order valence-electron chi connectivity index (χ3n) is 6.42. The summed E-state index contributed by atoms with van der Waals surface area (Å²) in [6, 6.07) is 20.3. The second-order valence-corrected chi connectivity index (χ2v) is 11.1. The number of rotatable bonds is 8. The summed E-state index contributed by atoms with van der Waals surface area (Å²) in [7, 11) is 0. The highest BCUT2D eigenvalue weighted by atomic mass is 79.9. The molecule has 0 N–H and O–H groups in total. The molecule has 0 radical (unpaired) electrons. The first-order valence-electron chi connectivity index (χ1n) is 12.0. The normalized spacial score (nSPS) is 18.5. The molecule has 0 amide bonds. The fraction of sp³-hybridized carbons (Fsp3) is 0.321. The maximum atomic E-state index is 6.58. The third kappa shape index (κ3) is 5.40. The Balaban J connectivity index is 1.43. The molecule has 0 aromatic heterocycles. The smallest absolute Gasteiger partial charge is 0.213 e. The molecular weight excluding hydrogens is 592 g/mol. The van der Waals surface area contributed by atoms with Gasteiger partial charge in [0.2, 0.25) is 6.23 Å². The minimum atomic E-state index is -0.339. The van der Waals surface area contributed by atoms with E-state index in [1.807, 2.05) is 42.5 Å². The Labute approximate surface area is 228 Å². The Hall–Kier alpha value is -2.02. The second-order valence-electron chi connectivity index (χ2n) is 8.91. The molecule has 182 valence electrons. The van der Waals surface area contributed by atoms with Crippen LogP contribution >= 0.6 is 43.5 Å². The van der Waals surface area contributed by atoms with Crippen molar-refractivity contribution >= 4 is 49.2 Å². The number of unbranched alkanes of at least 4 members (excludes halogenated alkanes) is 3. The maximum Gasteiger partial charge on any atom is 0.213 e. The number of hydrogen-bond donors (Lipinski definition) is 0. The van der Waals surface area contributed by atoms with Gasteiger partial charge < -0.3 is 9.47 Å². The van der Waals surface area contributed by atoms with Gasteiger partial charge in [-0.2, -0.15) is 5.10 Å². The van der Waals surface area contributed by atoms with E-state index in [2.05, 4.69) is 62.0 Å². The van der Waals surface area contributed by atoms with Crippen molar-refractivity contribution < 1.29 is 9.47 Å². The van der Waals surface area contributed by atoms with Crippen LogP contribution in [0.25, 0.3) is 0 Å². The first-order valence-corrected chi connectivity index (χ1v) is 14.0. The number of nitrogens with zero attached hydrogens (tertiary/aromatic N) is 2. The van der Waals surface area contributed by atoms with Gasteiger partial charge in [-0.05, 0) is 76.4 Å². The van der Waals surface area contributed by atoms with Gasteiger partial charge in [-0.3, -0.25) is 0 Å². The van der Waals surface area contributed by atoms with Gasteiger partial charge in [-0.1, -0.05) is 65.8 Å². The summed E-state index contributed by atoms with van der Waals surface area (Å²) in [4.78, 5) is 0. The number of halogens is 3. The van der Waals surface area contributed by atoms with E-state index in [-0.39, 0.29) is 12.3 Å². The van der Waals surface area contributed by atoms with E-state index in [4.69, 9.17) is 26.2 Å². The Morgan fingerprint density at radius 1 is 1.03 bits per heavy atom. The lowest BCUT2D eigenvalue weighted by Crippen LogP contribution is -2.33. The molecule has 0 unspecified atom stereocenters. The van der Waals surface area contributed by atoms with Gasteiger partial charge >= 0.3 is 0 Å². The summed E-state index contributed by atoms with van der Waals surface area (Å²) < 4.78 is 14.5. The van der Waals surface area contributed by atoms with E-state index >= 15 is 0 Å². The molecule has 2 heterocycles. The maximum absolute atomic E-state index is 6.58. The number of hydrazone groups is 1. The first-order chi connectivity index (χ1) is 17.0. The van der Waals surface area contributed by atoms with Crippen LogP contribution in [0.15, 0.2) is 74.7 Å². The molecule has 35 heavy (non-hydrogen) atoms. The molecule has 0 saturated heterocycles. The van der Waals surface area contributed by atoms with Gasteiger partial charge in [0.1, 0.15) is 11.5 Å². The van der Waals surface area contributed by atoms with E-state index < -0.39 is 0 Å². The lowest BCUT2D eigenvalue weighted by atomic mass is 9.96. The molecule has 0 fully saturated rings. The van der Waals surface area contributed by atoms with Crippen molar-refractivity contribution in [1.29, 1.82) is 0 Å². The van der Waals surface area contributed by atoms with Crippen molar-refractivity contribution in [3.8, 4) is 11.5 Å². The zero-order valence-electron chi connectivity index (χ0n) is 19.5. The van der Waals surface area contributed by atoms with E-state index in [0.29, 0.717) is 0 Å². The van der Waals surface area contributed by atoms with Gasteiger partial charge in [0.15, 0.2) is 0 Å². The fourth-order valence-electron chi connectivity index (χ4n) is 4.60. The van der Waals surface area contributed by atoms with Gasteiger partial charge in [0.05, 0.1) is 22.8 Å². The SMILES string of the molecule is CCCCCCOc1ccc([C@H]2Oc3c(Br)cc(Br)cc3[C@@H]3CC(c4ccc(Cl)cc4)=NN23)cc1. The van der Waals surface area contributed by atoms with Crippen LogP contribution in [0.2, 0.25) is 5.02 Å². The first kappa shape index (κ1) is 24.7. The van der Waals surface area contributed by atoms with E-state index in [9.17, 15) is 0 Å². The van der Waals surface area contributed by atoms with Gasteiger partial charge in [-0.15, -0.1) is 0 Å². The van der Waals surface area contributed by atoms with Crippen LogP contribution in [0.4, 0.5) is 0 Å². The van der Waals surface area contributed by atoms with Crippen molar-refractivity contribution in [2.45, 2.75) is 51.3 Å². The largest absolute Gasteiger partial charge is 0.494 e. The topological polar surface area (TPSA) is 34.1 Å². The van der Waals surface area contributed by atoms with Crippen molar-refractivity contribution in [2.75, 3.05) is 6.61 Å². The van der Waals surface area contributed by atoms with Crippen LogP contribution in [0.3, 0.4) is 0 Å². The zero-order valence-corrected chi connectivity index (χ0v) is 23.4. The highest BCUT2D eigenvalue weighted by molar-refractivity contribution is 9.11. The van der Waals surface area contributed by atoms with E-state index in [0.717, 1.165) is 67.3 Å². The summed E-state index contributed by atoms with van der Waals surface area (Å²) in [6.45, 7) is 2.97. The number of hydrogen-bond acceptors (Lipinski definition) is 4. The minimum Gasteiger partial charge on any atom is -0.494 e. The number of ether oxygens (including phenoxy) is 2. The molecule has 2 aliphatic heterocycles. The Bertz CT molecular complexity index is 1210. The molecule has 2 atom stereocenters. The molecule has 3 aromatic carbocycles. The molecule has 3 aromatic rings. The molecule has 0 spiro atoms. The number of benzene rings is 3. The molecule has 4 nitrogen and oxygen atoms in total. The zero-order chi connectivity index (χ0) is 24.4. The van der Waals surface area contributed by atoms with E-state index in [1.54, 1.807) is 0 Å². The summed E-state index contributed by atoms with van der Waals surface area (Å²) in [5.74, 6) is 1.75. The molecular formula is C28H27Br2ClN2O2. The van der Waals surface area contributed by atoms with Crippen LogP contribution in [0.1, 0.15) is 68.0 Å². The summed E-state index contributed by atoms with van der Waals surface area (Å²) in [5, 5.41) is 7.86. The Morgan fingerprint density at radius 2 is 1.80 bits per heavy atom. The standard InChI is InChI=1S/C28H27Br2ClN2O2/c1-2-3-4-5-14-34-22-12-8-19(9-13-22)28-33-26(23-15-20(29)16-24(30)27(23)35-28)17-25(32-33)18-6-10-21(31)11-7-18/h6-13,15-16,26,28H,2-5,14,17H2,1H3/t26-,28+/m0/s1. The van der Waals surface area contributed by atoms with Crippen LogP contribution in [-0.4, -0.2) is 17.3 Å². The van der Waals surface area contributed by atoms with Crippen molar-refractivity contribution in [1.82, 2.24) is 5.01 Å². The predicted molar refractivity (Wildman–Crippen MR) is 148 cm³/mol. The molecule has 7 heteroatoms. The average molecular weight is 619 g/mol. The predicted octanol–water partition coefficient (Wildman–Crippen LogP) is 9.07. The highest BCUT2D eigenvalue weighted by Crippen LogP contribution is 2.51. The van der Waals surface area contributed by atoms with E-state index in [1.165, 1.54) is 19.3 Å². The van der Waals surface area contributed by atoms with Gasteiger partial charge in [0.25, 0.3) is 0 Å². The lowest BCUT2D eigenvalue weighted by molar-refractivity contribution is -0.0197. The minimum absolute atomic E-state index is 0.0673. The summed E-state index contributed by atoms with van der Waals surface area (Å²) in [6.07, 6.45) is 5.22. The van der Waals surface area contributed by atoms with Gasteiger partial charge in [0, 0.05) is 27.0 Å². The monoisotopic (exact) mass is 616 g/mol.